The summed E-state index contributed by atoms with van der Waals surface area (Å²) in [7, 11) is 1.39. The number of nitrogens with two attached hydrogens (primary N) is 1. The van der Waals surface area contributed by atoms with Crippen molar-refractivity contribution in [2.24, 2.45) is 5.92 Å². The summed E-state index contributed by atoms with van der Waals surface area (Å²) < 4.78 is 36.0. The summed E-state index contributed by atoms with van der Waals surface area (Å²) in [5.74, 6) is -0.138. The van der Waals surface area contributed by atoms with Gasteiger partial charge in [0.25, 0.3) is 5.91 Å². The number of amides is 6. The Labute approximate surface area is 543 Å². The Morgan fingerprint density at radius 3 is 2.17 bits per heavy atom. The number of hydrogen-bond acceptors (Lipinski definition) is 18. The topological polar surface area (TPSA) is 288 Å². The molecular weight excluding hydrogens is 1190 g/mol. The first-order valence-electron chi connectivity index (χ1n) is 33.1. The molecule has 3 aromatic carbocycles. The van der Waals surface area contributed by atoms with E-state index < -0.39 is 48.0 Å². The maximum Gasteiger partial charge on any atom is 0.407 e. The van der Waals surface area contributed by atoms with Crippen LogP contribution in [0.2, 0.25) is 0 Å². The van der Waals surface area contributed by atoms with Crippen molar-refractivity contribution in [2.75, 3.05) is 125 Å². The maximum atomic E-state index is 14.8. The van der Waals surface area contributed by atoms with Gasteiger partial charge in [-0.05, 0) is 112 Å². The van der Waals surface area contributed by atoms with Gasteiger partial charge in [0.1, 0.15) is 48.0 Å². The third-order valence-corrected chi connectivity index (χ3v) is 18.1. The number of alkyl carbamates (subject to hydrolysis) is 1. The number of carbonyl (C=O) groups is 6. The van der Waals surface area contributed by atoms with E-state index >= 15 is 0 Å². The second-order valence-electron chi connectivity index (χ2n) is 24.5. The van der Waals surface area contributed by atoms with Crippen molar-refractivity contribution >= 4 is 52.5 Å². The highest BCUT2D eigenvalue weighted by Crippen LogP contribution is 2.36. The molecule has 0 spiro atoms. The third kappa shape index (κ3) is 18.8. The quantitative estimate of drug-likeness (QED) is 0.0297. The molecule has 6 amide bonds. The molecule has 6 atom stereocenters. The van der Waals surface area contributed by atoms with Crippen molar-refractivity contribution in [2.45, 2.75) is 114 Å². The van der Waals surface area contributed by atoms with E-state index in [1.165, 1.54) is 30.8 Å². The van der Waals surface area contributed by atoms with Gasteiger partial charge in [-0.25, -0.2) is 19.4 Å². The van der Waals surface area contributed by atoms with E-state index in [0.29, 0.717) is 93.8 Å². The number of piperidine rings is 1. The number of fused-ring (bicyclic) bond motifs is 2. The fourth-order valence-corrected chi connectivity index (χ4v) is 13.2. The molecule has 10 rings (SSSR count). The molecule has 2 aliphatic carbocycles. The molecule has 5 aromatic rings. The van der Waals surface area contributed by atoms with Gasteiger partial charge < -0.3 is 65.2 Å². The molecule has 5 heterocycles. The number of benzene rings is 3. The summed E-state index contributed by atoms with van der Waals surface area (Å²) >= 11 is 0. The lowest BCUT2D eigenvalue weighted by Gasteiger charge is -2.35. The Bertz CT molecular complexity index is 3300. The standard InChI is InChI=1S/C68H91N13O12/c1-47(92-68(87)70-2)65(84)75-62(49-15-5-3-6-16-49)67(86)80-43-51(42-57(80)66(85)74-56-22-11-17-48-14-9-10-21-55(48)56)73-58(82)45-91-41-40-90-39-38-89-37-36-88-35-34-78-32-30-77(31-33-78)28-13-23-59(83)79-29-12-18-52(44-79)81-64-60(63(69)71-46-72-64)61(76-81)50-24-26-54(27-25-50)93-53-19-7-4-8-20-53/h4,7-10,13-14,19-21,23-27,46-47,49,51-52,56-57,62H,3,5-6,11-12,15-18,22,28-45H2,1-2H3,(H,70,87)(H,73,82)(H,74,85)(H,75,84)(H2,69,71,72)/b23-13+/t47?,51-,52+,56+,57-,62?/m0/s1. The molecule has 1 saturated carbocycles. The Balaban J connectivity index is 0.581. The van der Waals surface area contributed by atoms with Crippen LogP contribution < -0.4 is 31.7 Å². The van der Waals surface area contributed by atoms with Crippen LogP contribution in [0.1, 0.15) is 94.3 Å². The first-order chi connectivity index (χ1) is 45.4. The number of aromatic nitrogens is 4. The number of piperazine rings is 1. The molecule has 25 heteroatoms. The highest BCUT2D eigenvalue weighted by atomic mass is 16.6. The van der Waals surface area contributed by atoms with Gasteiger partial charge in [0.2, 0.25) is 23.6 Å². The second kappa shape index (κ2) is 34.2. The van der Waals surface area contributed by atoms with E-state index in [2.05, 4.69) is 47.1 Å². The van der Waals surface area contributed by atoms with Gasteiger partial charge in [0.15, 0.2) is 11.8 Å². The number of likely N-dealkylation sites (tertiary alicyclic amines) is 2. The van der Waals surface area contributed by atoms with E-state index in [1.54, 1.807) is 6.08 Å². The molecule has 6 N–H and O–H groups in total. The molecule has 0 radical (unpaired) electrons. The molecule has 3 saturated heterocycles. The lowest BCUT2D eigenvalue weighted by atomic mass is 9.83. The highest BCUT2D eigenvalue weighted by molar-refractivity contribution is 5.98. The summed E-state index contributed by atoms with van der Waals surface area (Å²) in [6.45, 7) is 10.1. The average Bonchev–Trinajstić information content (AvgIpc) is 1.65. The van der Waals surface area contributed by atoms with Crippen molar-refractivity contribution < 1.29 is 57.2 Å². The summed E-state index contributed by atoms with van der Waals surface area (Å²) in [5, 5.41) is 17.2. The number of aryl methyl sites for hydroxylation is 1. The van der Waals surface area contributed by atoms with Crippen LogP contribution in [0.3, 0.4) is 0 Å². The van der Waals surface area contributed by atoms with Gasteiger partial charge >= 0.3 is 6.09 Å². The second-order valence-corrected chi connectivity index (χ2v) is 24.5. The predicted molar refractivity (Wildman–Crippen MR) is 348 cm³/mol. The van der Waals surface area contributed by atoms with Crippen molar-refractivity contribution in [3.63, 3.8) is 0 Å². The zero-order valence-corrected chi connectivity index (χ0v) is 53.6. The molecule has 2 aromatic heterocycles. The van der Waals surface area contributed by atoms with Gasteiger partial charge in [-0.3, -0.25) is 33.8 Å². The van der Waals surface area contributed by atoms with E-state index in [1.807, 2.05) is 88.5 Å². The lowest BCUT2D eigenvalue weighted by molar-refractivity contribution is -0.144. The Kier molecular flexibility index (Phi) is 24.9. The normalized spacial score (nSPS) is 20.4. The van der Waals surface area contributed by atoms with Gasteiger partial charge in [-0.1, -0.05) is 67.8 Å². The monoisotopic (exact) mass is 1280 g/mol. The fraction of sp³-hybridized carbons (Fsp3) is 0.544. The van der Waals surface area contributed by atoms with Crippen LogP contribution in [-0.4, -0.2) is 218 Å². The van der Waals surface area contributed by atoms with Crippen LogP contribution in [0, 0.1) is 5.92 Å². The highest BCUT2D eigenvalue weighted by Gasteiger charge is 2.45. The number of para-hydroxylation sites is 1. The number of rotatable bonds is 29. The Hall–Kier alpha value is -8.07. The number of nitrogens with zero attached hydrogens (tertiary/aromatic N) is 8. The van der Waals surface area contributed by atoms with Crippen LogP contribution in [0.25, 0.3) is 22.3 Å². The van der Waals surface area contributed by atoms with Gasteiger partial charge in [0, 0.05) is 83.6 Å². The summed E-state index contributed by atoms with van der Waals surface area (Å²) in [5.41, 5.74) is 10.9. The number of nitrogen functional groups attached to an aromatic ring is 1. The zero-order valence-electron chi connectivity index (χ0n) is 53.6. The average molecular weight is 1280 g/mol. The Morgan fingerprint density at radius 1 is 0.720 bits per heavy atom. The largest absolute Gasteiger partial charge is 0.457 e. The zero-order chi connectivity index (χ0) is 64.9. The van der Waals surface area contributed by atoms with E-state index in [4.69, 9.17) is 39.3 Å². The first kappa shape index (κ1) is 67.8. The molecule has 500 valence electrons. The molecule has 2 unspecified atom stereocenters. The van der Waals surface area contributed by atoms with Crippen molar-refractivity contribution in [1.82, 2.24) is 60.6 Å². The number of nitrogens with one attached hydrogen (secondary N) is 4. The fourth-order valence-electron chi connectivity index (χ4n) is 13.2. The maximum absolute atomic E-state index is 14.8. The molecule has 4 fully saturated rings. The molecule has 93 heavy (non-hydrogen) atoms. The number of hydrogen-bond donors (Lipinski definition) is 5. The minimum atomic E-state index is -1.17. The molecule has 3 aliphatic heterocycles. The lowest BCUT2D eigenvalue weighted by Crippen LogP contribution is -2.58. The van der Waals surface area contributed by atoms with E-state index in [9.17, 15) is 28.8 Å². The van der Waals surface area contributed by atoms with Crippen LogP contribution in [0.4, 0.5) is 10.6 Å². The van der Waals surface area contributed by atoms with Crippen LogP contribution >= 0.6 is 0 Å². The SMILES string of the molecule is CNC(=O)OC(C)C(=O)NC(C(=O)N1C[C@@H](NC(=O)COCCOCCOCCOCCN2CCN(C/C=C/C(=O)N3CCC[C@@H](n4nc(-c5ccc(Oc6ccccc6)cc5)c5c(N)ncnc54)C3)CC2)C[C@H]1C(=O)N[C@@H]1CCCc2ccccc21)C1CCCCC1. The van der Waals surface area contributed by atoms with Gasteiger partial charge in [-0.2, -0.15) is 5.10 Å². The van der Waals surface area contributed by atoms with Gasteiger partial charge in [0.05, 0.1) is 63.7 Å². The van der Waals surface area contributed by atoms with E-state index in [-0.39, 0.29) is 62.6 Å². The van der Waals surface area contributed by atoms with Crippen LogP contribution in [0.5, 0.6) is 11.5 Å². The van der Waals surface area contributed by atoms with Gasteiger partial charge in [-0.15, -0.1) is 0 Å². The summed E-state index contributed by atoms with van der Waals surface area (Å²) in [6.07, 6.45) is 11.8. The number of ether oxygens (including phenoxy) is 6. The third-order valence-electron chi connectivity index (χ3n) is 18.1. The minimum Gasteiger partial charge on any atom is -0.457 e. The molecule has 25 nitrogen and oxygen atoms in total. The minimum absolute atomic E-state index is 0.0155. The Morgan fingerprint density at radius 2 is 1.42 bits per heavy atom. The number of anilines is 1. The van der Waals surface area contributed by atoms with Crippen LogP contribution in [-0.2, 0) is 54.1 Å². The molecule has 5 aliphatic rings. The van der Waals surface area contributed by atoms with Crippen molar-refractivity contribution in [1.29, 1.82) is 0 Å². The first-order valence-corrected chi connectivity index (χ1v) is 33.1. The number of carbonyl (C=O) groups excluding carboxylic acids is 6. The summed E-state index contributed by atoms with van der Waals surface area (Å²) in [4.78, 5) is 98.4. The molecular formula is C68H91N13O12. The summed E-state index contributed by atoms with van der Waals surface area (Å²) in [6, 6.07) is 22.7. The smallest absolute Gasteiger partial charge is 0.407 e. The van der Waals surface area contributed by atoms with Crippen LogP contribution in [0.15, 0.2) is 97.3 Å². The van der Waals surface area contributed by atoms with Crippen molar-refractivity contribution in [3.05, 3.63) is 108 Å². The van der Waals surface area contributed by atoms with E-state index in [0.717, 1.165) is 101 Å². The molecule has 0 bridgehead atoms. The van der Waals surface area contributed by atoms with Crippen molar-refractivity contribution in [3.8, 4) is 22.8 Å². The predicted octanol–water partition coefficient (Wildman–Crippen LogP) is 5.36.